The average Bonchev–Trinajstić information content (AvgIpc) is 3.63. The zero-order chi connectivity index (χ0) is 22.4. The van der Waals surface area contributed by atoms with Gasteiger partial charge in [-0.1, -0.05) is 36.4 Å². The van der Waals surface area contributed by atoms with Crippen molar-refractivity contribution in [1.29, 1.82) is 10.8 Å². The van der Waals surface area contributed by atoms with Crippen LogP contribution in [0, 0.1) is 10.8 Å². The largest absolute Gasteiger partial charge is 0.399 e. The third-order valence-corrected chi connectivity index (χ3v) is 6.14. The predicted octanol–water partition coefficient (Wildman–Crippen LogP) is 5.43. The number of aromatic nitrogens is 2. The fourth-order valence-corrected chi connectivity index (χ4v) is 4.25. The lowest BCUT2D eigenvalue weighted by Gasteiger charge is -2.22. The summed E-state index contributed by atoms with van der Waals surface area (Å²) < 4.78 is 1.27. The van der Waals surface area contributed by atoms with E-state index in [0.29, 0.717) is 17.0 Å². The highest BCUT2D eigenvalue weighted by molar-refractivity contribution is 6.64. The molecule has 0 unspecified atom stereocenters. The van der Waals surface area contributed by atoms with Crippen molar-refractivity contribution in [3.05, 3.63) is 77.9 Å². The zero-order valence-corrected chi connectivity index (χ0v) is 18.4. The van der Waals surface area contributed by atoms with Crippen LogP contribution in [-0.4, -0.2) is 21.9 Å². The molecule has 0 saturated heterocycles. The Bertz CT molecular complexity index is 1400. The zero-order valence-electron chi connectivity index (χ0n) is 17.6. The van der Waals surface area contributed by atoms with Gasteiger partial charge in [0.25, 0.3) is 0 Å². The van der Waals surface area contributed by atoms with Gasteiger partial charge in [-0.3, -0.25) is 15.4 Å². The summed E-state index contributed by atoms with van der Waals surface area (Å²) in [5.74, 6) is 1.34. The van der Waals surface area contributed by atoms with Crippen LogP contribution in [-0.2, 0) is 0 Å². The van der Waals surface area contributed by atoms with Crippen LogP contribution in [0.25, 0.3) is 22.0 Å². The van der Waals surface area contributed by atoms with Crippen LogP contribution in [0.5, 0.6) is 0 Å². The van der Waals surface area contributed by atoms with Crippen LogP contribution >= 0.6 is 11.6 Å². The fraction of sp³-hybridized carbons (Fsp3) is 0.160. The molecule has 7 heteroatoms. The number of benzene rings is 3. The molecule has 1 aromatic heterocycles. The number of fused-ring (bicyclic) bond motifs is 1. The summed E-state index contributed by atoms with van der Waals surface area (Å²) in [4.78, 5) is 6.40. The lowest BCUT2D eigenvalue weighted by molar-refractivity contribution is 0.911. The smallest absolute Gasteiger partial charge is 0.230 e. The van der Waals surface area contributed by atoms with Crippen molar-refractivity contribution in [2.45, 2.75) is 18.8 Å². The molecule has 4 aromatic rings. The molecule has 1 fully saturated rings. The molecule has 1 heterocycles. The van der Waals surface area contributed by atoms with E-state index in [9.17, 15) is 0 Å². The lowest BCUT2D eigenvalue weighted by Crippen LogP contribution is -2.29. The maximum atomic E-state index is 8.35. The summed E-state index contributed by atoms with van der Waals surface area (Å²) in [6, 6.07) is 22.4. The van der Waals surface area contributed by atoms with Gasteiger partial charge in [0.1, 0.15) is 5.82 Å². The van der Waals surface area contributed by atoms with E-state index in [1.165, 1.54) is 23.0 Å². The first-order chi connectivity index (χ1) is 15.4. The summed E-state index contributed by atoms with van der Waals surface area (Å²) in [6.07, 6.45) is 2.59. The summed E-state index contributed by atoms with van der Waals surface area (Å²) in [6.45, 7) is 0. The molecule has 1 aliphatic rings. The third kappa shape index (κ3) is 3.63. The number of nitrogen functional groups attached to an aromatic ring is 1. The minimum Gasteiger partial charge on any atom is -0.399 e. The normalized spacial score (nSPS) is 13.3. The molecule has 4 N–H and O–H groups in total. The molecular formula is C25H23ClN6. The van der Waals surface area contributed by atoms with Crippen molar-refractivity contribution in [1.82, 2.24) is 9.55 Å². The molecule has 5 rings (SSSR count). The Hall–Kier alpha value is -3.64. The molecule has 0 bridgehead atoms. The maximum absolute atomic E-state index is 8.35. The number of rotatable bonds is 4. The highest BCUT2D eigenvalue weighted by atomic mass is 35.5. The van der Waals surface area contributed by atoms with Gasteiger partial charge in [-0.25, -0.2) is 0 Å². The number of hydrogen-bond donors (Lipinski definition) is 3. The molecule has 0 radical (unpaired) electrons. The van der Waals surface area contributed by atoms with E-state index in [1.807, 2.05) is 30.1 Å². The predicted molar refractivity (Wildman–Crippen MR) is 131 cm³/mol. The van der Waals surface area contributed by atoms with E-state index in [4.69, 9.17) is 28.2 Å². The van der Waals surface area contributed by atoms with Crippen molar-refractivity contribution in [3.63, 3.8) is 0 Å². The van der Waals surface area contributed by atoms with Gasteiger partial charge < -0.3 is 10.6 Å². The monoisotopic (exact) mass is 442 g/mol. The molecule has 0 amide bonds. The Labute approximate surface area is 190 Å². The minimum atomic E-state index is -0.302. The molecular weight excluding hydrogens is 420 g/mol. The number of nitrogens with zero attached hydrogens (tertiary/aromatic N) is 3. The Morgan fingerprint density at radius 2 is 1.81 bits per heavy atom. The number of hydrogen-bond acceptors (Lipinski definition) is 5. The van der Waals surface area contributed by atoms with Crippen molar-refractivity contribution < 1.29 is 0 Å². The van der Waals surface area contributed by atoms with Crippen LogP contribution in [0.2, 0.25) is 0 Å². The van der Waals surface area contributed by atoms with Crippen LogP contribution < -0.4 is 16.3 Å². The number of halogens is 1. The topological polar surface area (TPSA) is 94.8 Å². The molecule has 3 aromatic carbocycles. The fourth-order valence-electron chi connectivity index (χ4n) is 4.08. The van der Waals surface area contributed by atoms with Crippen molar-refractivity contribution in [2.75, 3.05) is 17.7 Å². The molecule has 32 heavy (non-hydrogen) atoms. The number of nitrogens with two attached hydrogens (primary N) is 1. The molecule has 1 saturated carbocycles. The van der Waals surface area contributed by atoms with E-state index in [2.05, 4.69) is 41.4 Å². The first-order valence-electron chi connectivity index (χ1n) is 10.5. The van der Waals surface area contributed by atoms with E-state index < -0.39 is 0 Å². The first kappa shape index (κ1) is 20.3. The Balaban J connectivity index is 1.58. The molecule has 6 nitrogen and oxygen atoms in total. The second-order valence-electron chi connectivity index (χ2n) is 8.17. The second kappa shape index (κ2) is 7.80. The van der Waals surface area contributed by atoms with E-state index in [-0.39, 0.29) is 10.9 Å². The molecule has 0 spiro atoms. The van der Waals surface area contributed by atoms with Gasteiger partial charge in [-0.2, -0.15) is 4.98 Å². The molecule has 0 atom stereocenters. The standard InChI is InChI=1S/C25H23ClN6/c1-31(23-21-12-11-19(27)14-22(21)32(24(26)28)25(29)30-23)20-4-2-3-18(13-20)17-9-7-16(8-10-17)15-5-6-15/h2-4,7-15,28-29H,5-6,27H2,1H3. The summed E-state index contributed by atoms with van der Waals surface area (Å²) in [5, 5.41) is 16.6. The Kier molecular flexibility index (Phi) is 4.94. The van der Waals surface area contributed by atoms with E-state index in [1.54, 1.807) is 12.1 Å². The van der Waals surface area contributed by atoms with Gasteiger partial charge in [0.15, 0.2) is 0 Å². The average molecular weight is 443 g/mol. The highest BCUT2D eigenvalue weighted by Crippen LogP contribution is 2.40. The van der Waals surface area contributed by atoms with Gasteiger partial charge in [-0.05, 0) is 77.4 Å². The van der Waals surface area contributed by atoms with Crippen LogP contribution in [0.3, 0.4) is 0 Å². The van der Waals surface area contributed by atoms with Crippen molar-refractivity contribution >= 4 is 45.0 Å². The van der Waals surface area contributed by atoms with Gasteiger partial charge in [0, 0.05) is 23.8 Å². The van der Waals surface area contributed by atoms with Crippen LogP contribution in [0.15, 0.2) is 66.7 Å². The molecule has 1 aliphatic carbocycles. The van der Waals surface area contributed by atoms with E-state index >= 15 is 0 Å². The van der Waals surface area contributed by atoms with Crippen molar-refractivity contribution in [2.24, 2.45) is 0 Å². The molecule has 0 aliphatic heterocycles. The van der Waals surface area contributed by atoms with Gasteiger partial charge in [-0.15, -0.1) is 0 Å². The van der Waals surface area contributed by atoms with Gasteiger partial charge in [0.05, 0.1) is 5.52 Å². The highest BCUT2D eigenvalue weighted by Gasteiger charge is 2.23. The van der Waals surface area contributed by atoms with E-state index in [0.717, 1.165) is 28.1 Å². The van der Waals surface area contributed by atoms with Crippen LogP contribution in [0.4, 0.5) is 17.2 Å². The second-order valence-corrected chi connectivity index (χ2v) is 8.53. The van der Waals surface area contributed by atoms with Crippen molar-refractivity contribution in [3.8, 4) is 11.1 Å². The molecule has 160 valence electrons. The number of anilines is 3. The lowest BCUT2D eigenvalue weighted by atomic mass is 10.0. The first-order valence-corrected chi connectivity index (χ1v) is 10.9. The Morgan fingerprint density at radius 1 is 1.06 bits per heavy atom. The SMILES string of the molecule is CN(c1cccc(-c2ccc(C3CC3)cc2)c1)c1nc(=N)n(C(=N)Cl)c2cc(N)ccc12. The summed E-state index contributed by atoms with van der Waals surface area (Å²) in [7, 11) is 1.92. The Morgan fingerprint density at radius 3 is 2.50 bits per heavy atom. The maximum Gasteiger partial charge on any atom is 0.230 e. The third-order valence-electron chi connectivity index (χ3n) is 5.97. The number of nitrogens with one attached hydrogen (secondary N) is 2. The summed E-state index contributed by atoms with van der Waals surface area (Å²) >= 11 is 5.94. The minimum absolute atomic E-state index is 0.128. The summed E-state index contributed by atoms with van der Waals surface area (Å²) in [5.41, 5.74) is 11.6. The van der Waals surface area contributed by atoms with Crippen LogP contribution in [0.1, 0.15) is 24.3 Å². The quantitative estimate of drug-likeness (QED) is 0.223. The van der Waals surface area contributed by atoms with Gasteiger partial charge >= 0.3 is 0 Å². The van der Waals surface area contributed by atoms with Gasteiger partial charge in [0.2, 0.25) is 10.9 Å².